The summed E-state index contributed by atoms with van der Waals surface area (Å²) in [5, 5.41) is 2.58. The van der Waals surface area contributed by atoms with E-state index in [0.29, 0.717) is 0 Å². The van der Waals surface area contributed by atoms with Gasteiger partial charge in [-0.1, -0.05) is 206 Å². The Kier molecular flexibility index (Phi) is 7.47. The minimum absolute atomic E-state index is 0.445. The maximum atomic E-state index is 2.56. The first kappa shape index (κ1) is 35.8. The summed E-state index contributed by atoms with van der Waals surface area (Å²) in [7, 11) is 0. The Bertz CT molecular complexity index is 3600. The van der Waals surface area contributed by atoms with E-state index in [0.717, 1.165) is 5.69 Å². The molecule has 2 heteroatoms. The van der Waals surface area contributed by atoms with Crippen molar-refractivity contribution >= 4 is 48.6 Å². The fourth-order valence-electron chi connectivity index (χ4n) is 12.2. The van der Waals surface area contributed by atoms with Gasteiger partial charge in [-0.3, -0.25) is 0 Å². The number of anilines is 3. The highest BCUT2D eigenvalue weighted by Crippen LogP contribution is 2.65. The monoisotopic (exact) mass is 829 g/mol. The molecule has 3 aliphatic carbocycles. The van der Waals surface area contributed by atoms with Gasteiger partial charge in [-0.2, -0.15) is 0 Å². The Morgan fingerprint density at radius 1 is 0.297 bits per heavy atom. The molecule has 1 heterocycles. The number of fused-ring (bicyclic) bond motifs is 16. The predicted molar refractivity (Wildman–Crippen MR) is 268 cm³/mol. The molecule has 14 rings (SSSR count). The molecule has 10 aromatic carbocycles. The first-order chi connectivity index (χ1) is 31.8. The average molecular weight is 830 g/mol. The summed E-state index contributed by atoms with van der Waals surface area (Å²) < 4.78 is 2.58. The van der Waals surface area contributed by atoms with E-state index in [1.807, 2.05) is 11.3 Å². The van der Waals surface area contributed by atoms with Gasteiger partial charge in [-0.25, -0.2) is 0 Å². The van der Waals surface area contributed by atoms with Gasteiger partial charge in [0.15, 0.2) is 0 Å². The van der Waals surface area contributed by atoms with Gasteiger partial charge in [0.05, 0.1) is 26.9 Å². The molecule has 0 fully saturated rings. The van der Waals surface area contributed by atoms with E-state index in [1.54, 1.807) is 0 Å². The van der Waals surface area contributed by atoms with Gasteiger partial charge in [-0.05, 0) is 103 Å². The summed E-state index contributed by atoms with van der Waals surface area (Å²) in [6.45, 7) is 0. The van der Waals surface area contributed by atoms with Gasteiger partial charge in [0.2, 0.25) is 0 Å². The van der Waals surface area contributed by atoms with Gasteiger partial charge in [0.25, 0.3) is 0 Å². The van der Waals surface area contributed by atoms with E-state index in [-0.39, 0.29) is 0 Å². The van der Waals surface area contributed by atoms with E-state index in [2.05, 4.69) is 241 Å². The van der Waals surface area contributed by atoms with Crippen molar-refractivity contribution in [2.24, 2.45) is 0 Å². The molecule has 0 amide bonds. The van der Waals surface area contributed by atoms with Crippen LogP contribution < -0.4 is 4.90 Å². The zero-order valence-corrected chi connectivity index (χ0v) is 35.7. The van der Waals surface area contributed by atoms with E-state index >= 15 is 0 Å². The molecule has 1 nitrogen and oxygen atoms in total. The lowest BCUT2D eigenvalue weighted by atomic mass is 9.67. The fourth-order valence-corrected chi connectivity index (χ4v) is 13.4. The molecule has 0 atom stereocenters. The third kappa shape index (κ3) is 4.53. The second kappa shape index (κ2) is 13.4. The zero-order chi connectivity index (χ0) is 42.0. The summed E-state index contributed by atoms with van der Waals surface area (Å²) in [5.41, 5.74) is 20.9. The number of rotatable bonds is 5. The standard InChI is InChI=1S/C62H39NS/c1-2-18-40(19-3-1)61(50-27-10-4-20-43(50)44-21-5-11-28-51(44)61)41-36-38-42(39-37-41)63(57-34-16-26-48-47-24-9-15-35-58(47)64-60(48)57)56-33-17-32-55-59(56)49-25-8-14-31-54(49)62(55)52-29-12-6-22-45(52)46-23-7-13-30-53(46)62/h1-39H. The first-order valence-electron chi connectivity index (χ1n) is 22.3. The Hall–Kier alpha value is -7.78. The molecular weight excluding hydrogens is 791 g/mol. The summed E-state index contributed by atoms with van der Waals surface area (Å²) in [6.07, 6.45) is 0. The molecule has 298 valence electrons. The average Bonchev–Trinajstić information content (AvgIpc) is 4.08. The first-order valence-corrected chi connectivity index (χ1v) is 23.1. The third-order valence-electron chi connectivity index (χ3n) is 14.6. The molecule has 0 bridgehead atoms. The maximum Gasteiger partial charge on any atom is 0.0726 e. The van der Waals surface area contributed by atoms with Gasteiger partial charge in [0, 0.05) is 26.7 Å². The molecule has 1 aromatic heterocycles. The largest absolute Gasteiger partial charge is 0.308 e. The van der Waals surface area contributed by atoms with Gasteiger partial charge in [0.1, 0.15) is 0 Å². The van der Waals surface area contributed by atoms with E-state index < -0.39 is 10.8 Å². The van der Waals surface area contributed by atoms with Crippen molar-refractivity contribution in [2.45, 2.75) is 10.8 Å². The van der Waals surface area contributed by atoms with Gasteiger partial charge in [-0.15, -0.1) is 11.3 Å². The molecule has 0 N–H and O–H groups in total. The molecule has 0 saturated heterocycles. The molecule has 0 unspecified atom stereocenters. The van der Waals surface area contributed by atoms with Crippen molar-refractivity contribution in [3.05, 3.63) is 281 Å². The second-order valence-corrected chi connectivity index (χ2v) is 18.5. The summed E-state index contributed by atoms with van der Waals surface area (Å²) in [4.78, 5) is 2.56. The number of hydrogen-bond acceptors (Lipinski definition) is 2. The molecular formula is C62H39NS. The van der Waals surface area contributed by atoms with Crippen LogP contribution >= 0.6 is 11.3 Å². The van der Waals surface area contributed by atoms with Crippen LogP contribution in [0, 0.1) is 0 Å². The van der Waals surface area contributed by atoms with Crippen LogP contribution in [0.4, 0.5) is 17.1 Å². The topological polar surface area (TPSA) is 3.24 Å². The van der Waals surface area contributed by atoms with Crippen LogP contribution in [0.1, 0.15) is 44.5 Å². The maximum absolute atomic E-state index is 2.56. The fraction of sp³-hybridized carbons (Fsp3) is 0.0323. The lowest BCUT2D eigenvalue weighted by molar-refractivity contribution is 0.768. The highest BCUT2D eigenvalue weighted by molar-refractivity contribution is 7.26. The molecule has 11 aromatic rings. The lowest BCUT2D eigenvalue weighted by Gasteiger charge is -2.35. The molecule has 64 heavy (non-hydrogen) atoms. The van der Waals surface area contributed by atoms with Crippen molar-refractivity contribution in [3.63, 3.8) is 0 Å². The van der Waals surface area contributed by atoms with Gasteiger partial charge < -0.3 is 4.90 Å². The van der Waals surface area contributed by atoms with Gasteiger partial charge >= 0.3 is 0 Å². The highest BCUT2D eigenvalue weighted by atomic mass is 32.1. The normalized spacial score (nSPS) is 14.2. The number of hydrogen-bond donors (Lipinski definition) is 0. The highest BCUT2D eigenvalue weighted by Gasteiger charge is 2.52. The molecule has 0 aliphatic heterocycles. The van der Waals surface area contributed by atoms with E-state index in [1.165, 1.54) is 109 Å². The number of benzene rings is 10. The minimum Gasteiger partial charge on any atom is -0.308 e. The Labute approximate surface area is 376 Å². The van der Waals surface area contributed by atoms with Crippen molar-refractivity contribution < 1.29 is 0 Å². The molecule has 0 saturated carbocycles. The Balaban J connectivity index is 1.05. The van der Waals surface area contributed by atoms with E-state index in [9.17, 15) is 0 Å². The lowest BCUT2D eigenvalue weighted by Crippen LogP contribution is -2.28. The van der Waals surface area contributed by atoms with Crippen LogP contribution in [0.15, 0.2) is 237 Å². The van der Waals surface area contributed by atoms with Crippen LogP contribution in [-0.2, 0) is 10.8 Å². The quantitative estimate of drug-likeness (QED) is 0.167. The Morgan fingerprint density at radius 3 is 1.36 bits per heavy atom. The Morgan fingerprint density at radius 2 is 0.734 bits per heavy atom. The summed E-state index contributed by atoms with van der Waals surface area (Å²) in [5.74, 6) is 0. The van der Waals surface area contributed by atoms with Crippen molar-refractivity contribution in [1.29, 1.82) is 0 Å². The summed E-state index contributed by atoms with van der Waals surface area (Å²) >= 11 is 1.89. The van der Waals surface area contributed by atoms with Crippen LogP contribution in [0.3, 0.4) is 0 Å². The third-order valence-corrected chi connectivity index (χ3v) is 15.8. The van der Waals surface area contributed by atoms with Crippen LogP contribution in [-0.4, -0.2) is 0 Å². The SMILES string of the molecule is c1ccc(C2(c3ccc(N(c4cccc5c4-c4ccccc4C54c5ccccc5-c5ccccc54)c4cccc5c4sc4ccccc45)cc3)c3ccccc3-c3ccccc32)cc1. The van der Waals surface area contributed by atoms with Crippen LogP contribution in [0.5, 0.6) is 0 Å². The molecule has 3 aliphatic rings. The molecule has 1 spiro atoms. The van der Waals surface area contributed by atoms with Crippen molar-refractivity contribution in [3.8, 4) is 33.4 Å². The summed E-state index contributed by atoms with van der Waals surface area (Å²) in [6, 6.07) is 88.8. The van der Waals surface area contributed by atoms with Crippen LogP contribution in [0.25, 0.3) is 53.6 Å². The van der Waals surface area contributed by atoms with Crippen molar-refractivity contribution in [2.75, 3.05) is 4.90 Å². The number of nitrogens with zero attached hydrogens (tertiary/aromatic N) is 1. The predicted octanol–water partition coefficient (Wildman–Crippen LogP) is 16.2. The zero-order valence-electron chi connectivity index (χ0n) is 34.9. The minimum atomic E-state index is -0.480. The van der Waals surface area contributed by atoms with E-state index in [4.69, 9.17) is 0 Å². The molecule has 0 radical (unpaired) electrons. The number of thiophene rings is 1. The van der Waals surface area contributed by atoms with Crippen LogP contribution in [0.2, 0.25) is 0 Å². The van der Waals surface area contributed by atoms with Crippen molar-refractivity contribution in [1.82, 2.24) is 0 Å². The second-order valence-electron chi connectivity index (χ2n) is 17.4. The smallest absolute Gasteiger partial charge is 0.0726 e.